The molecule has 0 amide bonds. The van der Waals surface area contributed by atoms with Gasteiger partial charge in [0.25, 0.3) is 0 Å². The molecule has 0 saturated heterocycles. The maximum Gasteiger partial charge on any atom is 0.363 e. The van der Waals surface area contributed by atoms with Gasteiger partial charge in [-0.3, -0.25) is 0 Å². The maximum atomic E-state index is 12.5. The van der Waals surface area contributed by atoms with Crippen molar-refractivity contribution in [1.29, 1.82) is 0 Å². The monoisotopic (exact) mass is 481 g/mol. The van der Waals surface area contributed by atoms with Gasteiger partial charge in [0.1, 0.15) is 0 Å². The Hall–Kier alpha value is -3.61. The van der Waals surface area contributed by atoms with E-state index in [4.69, 9.17) is 37.4 Å². The summed E-state index contributed by atoms with van der Waals surface area (Å²) in [6.45, 7) is 1.89. The zero-order chi connectivity index (χ0) is 23.5. The Labute approximate surface area is 200 Å². The lowest BCUT2D eigenvalue weighted by Crippen LogP contribution is -2.09. The Morgan fingerprint density at radius 1 is 1.00 bits per heavy atom. The lowest BCUT2D eigenvalue weighted by molar-refractivity contribution is -0.129. The number of halogens is 2. The van der Waals surface area contributed by atoms with E-state index in [0.29, 0.717) is 32.5 Å². The molecule has 0 spiro atoms. The van der Waals surface area contributed by atoms with Gasteiger partial charge in [0, 0.05) is 5.56 Å². The van der Waals surface area contributed by atoms with Crippen molar-refractivity contribution in [2.45, 2.75) is 6.92 Å². The summed E-state index contributed by atoms with van der Waals surface area (Å²) in [6, 6.07) is 16.8. The predicted molar refractivity (Wildman–Crippen MR) is 126 cm³/mol. The number of methoxy groups -OCH3 is 1. The van der Waals surface area contributed by atoms with Gasteiger partial charge in [0.15, 0.2) is 17.2 Å². The first-order valence-electron chi connectivity index (χ1n) is 9.79. The third-order valence-corrected chi connectivity index (χ3v) is 5.47. The molecule has 4 rings (SSSR count). The fraction of sp³-hybridized carbons (Fsp3) is 0.0800. The molecule has 0 unspecified atom stereocenters. The van der Waals surface area contributed by atoms with Crippen molar-refractivity contribution >= 4 is 47.1 Å². The number of hydrogen-bond acceptors (Lipinski definition) is 6. The Balaban J connectivity index is 1.58. The van der Waals surface area contributed by atoms with Crippen molar-refractivity contribution in [3.05, 3.63) is 98.7 Å². The Morgan fingerprint density at radius 3 is 2.55 bits per heavy atom. The van der Waals surface area contributed by atoms with Crippen LogP contribution in [0.4, 0.5) is 0 Å². The van der Waals surface area contributed by atoms with Crippen LogP contribution in [-0.4, -0.2) is 24.9 Å². The van der Waals surface area contributed by atoms with Gasteiger partial charge in [-0.1, -0.05) is 47.0 Å². The molecule has 0 radical (unpaired) electrons. The van der Waals surface area contributed by atoms with Crippen LogP contribution in [-0.2, 0) is 9.53 Å². The van der Waals surface area contributed by atoms with Crippen molar-refractivity contribution in [2.24, 2.45) is 4.99 Å². The number of rotatable bonds is 5. The van der Waals surface area contributed by atoms with E-state index in [-0.39, 0.29) is 17.3 Å². The highest BCUT2D eigenvalue weighted by molar-refractivity contribution is 6.42. The molecule has 3 aromatic rings. The second-order valence-corrected chi connectivity index (χ2v) is 7.95. The summed E-state index contributed by atoms with van der Waals surface area (Å²) < 4.78 is 16.1. The molecule has 8 heteroatoms. The van der Waals surface area contributed by atoms with Gasteiger partial charge in [-0.2, -0.15) is 0 Å². The van der Waals surface area contributed by atoms with Gasteiger partial charge in [-0.05, 0) is 61.0 Å². The lowest BCUT2D eigenvalue weighted by atomic mass is 10.1. The smallest absolute Gasteiger partial charge is 0.363 e. The third-order valence-electron chi connectivity index (χ3n) is 4.73. The van der Waals surface area contributed by atoms with E-state index in [1.54, 1.807) is 60.7 Å². The zero-order valence-corrected chi connectivity index (χ0v) is 19.1. The molecule has 3 aromatic carbocycles. The first kappa shape index (κ1) is 22.6. The second-order valence-electron chi connectivity index (χ2n) is 7.13. The number of aryl methyl sites for hydroxylation is 1. The quantitative estimate of drug-likeness (QED) is 0.258. The van der Waals surface area contributed by atoms with Crippen LogP contribution in [0.2, 0.25) is 10.0 Å². The van der Waals surface area contributed by atoms with Gasteiger partial charge in [-0.15, -0.1) is 0 Å². The predicted octanol–water partition coefficient (Wildman–Crippen LogP) is 5.87. The summed E-state index contributed by atoms with van der Waals surface area (Å²) in [7, 11) is 1.46. The van der Waals surface area contributed by atoms with Crippen LogP contribution < -0.4 is 9.47 Å². The van der Waals surface area contributed by atoms with Crippen LogP contribution in [0.5, 0.6) is 11.5 Å². The molecule has 1 heterocycles. The summed E-state index contributed by atoms with van der Waals surface area (Å²) in [5.41, 5.74) is 2.61. The minimum Gasteiger partial charge on any atom is -0.493 e. The third kappa shape index (κ3) is 5.08. The van der Waals surface area contributed by atoms with Crippen LogP contribution >= 0.6 is 23.2 Å². The number of benzene rings is 3. The van der Waals surface area contributed by atoms with Crippen LogP contribution in [0.15, 0.2) is 71.4 Å². The number of carbonyl (C=O) groups excluding carboxylic acids is 2. The van der Waals surface area contributed by atoms with Crippen LogP contribution in [0.25, 0.3) is 6.08 Å². The molecular weight excluding hydrogens is 465 g/mol. The van der Waals surface area contributed by atoms with E-state index in [9.17, 15) is 9.59 Å². The van der Waals surface area contributed by atoms with Crippen molar-refractivity contribution in [3.8, 4) is 11.5 Å². The van der Waals surface area contributed by atoms with E-state index in [0.717, 1.165) is 5.56 Å². The van der Waals surface area contributed by atoms with Gasteiger partial charge >= 0.3 is 11.9 Å². The van der Waals surface area contributed by atoms with Crippen LogP contribution in [0.3, 0.4) is 0 Å². The summed E-state index contributed by atoms with van der Waals surface area (Å²) in [4.78, 5) is 29.0. The van der Waals surface area contributed by atoms with Gasteiger partial charge in [0.2, 0.25) is 5.90 Å². The SMILES string of the molecule is COc1cc(/C=C2\N=C(c3ccc(Cl)c(Cl)c3)OC2=O)ccc1OC(=O)c1cccc(C)c1. The van der Waals surface area contributed by atoms with Crippen molar-refractivity contribution < 1.29 is 23.8 Å². The molecule has 0 atom stereocenters. The van der Waals surface area contributed by atoms with Crippen molar-refractivity contribution in [2.75, 3.05) is 7.11 Å². The Kier molecular flexibility index (Phi) is 6.49. The number of esters is 2. The van der Waals surface area contributed by atoms with E-state index >= 15 is 0 Å². The van der Waals surface area contributed by atoms with Crippen molar-refractivity contribution in [1.82, 2.24) is 0 Å². The molecule has 0 bridgehead atoms. The standard InChI is InChI=1S/C25H17Cl2NO5/c1-14-4-3-5-17(10-14)24(29)32-21-9-6-15(12-22(21)31-2)11-20-25(30)33-23(28-20)16-7-8-18(26)19(27)13-16/h3-13H,1-2H3/b20-11-. The number of nitrogens with zero attached hydrogens (tertiary/aromatic N) is 1. The first-order valence-corrected chi connectivity index (χ1v) is 10.5. The van der Waals surface area contributed by atoms with Crippen LogP contribution in [0.1, 0.15) is 27.0 Å². The second kappa shape index (κ2) is 9.48. The molecule has 0 fully saturated rings. The average Bonchev–Trinajstić information content (AvgIpc) is 3.16. The molecule has 1 aliphatic rings. The highest BCUT2D eigenvalue weighted by Gasteiger charge is 2.25. The minimum atomic E-state index is -0.606. The Morgan fingerprint density at radius 2 is 1.82 bits per heavy atom. The normalized spacial score (nSPS) is 14.1. The highest BCUT2D eigenvalue weighted by atomic mass is 35.5. The fourth-order valence-electron chi connectivity index (χ4n) is 3.11. The molecule has 0 aliphatic carbocycles. The van der Waals surface area contributed by atoms with E-state index < -0.39 is 11.9 Å². The highest BCUT2D eigenvalue weighted by Crippen LogP contribution is 2.31. The zero-order valence-electron chi connectivity index (χ0n) is 17.6. The molecular formula is C25H17Cl2NO5. The summed E-state index contributed by atoms with van der Waals surface area (Å²) >= 11 is 12.0. The topological polar surface area (TPSA) is 74.2 Å². The number of ether oxygens (including phenoxy) is 3. The van der Waals surface area contributed by atoms with E-state index in [2.05, 4.69) is 4.99 Å². The summed E-state index contributed by atoms with van der Waals surface area (Å²) in [5, 5.41) is 0.710. The van der Waals surface area contributed by atoms with Gasteiger partial charge in [-0.25, -0.2) is 14.6 Å². The summed E-state index contributed by atoms with van der Waals surface area (Å²) in [6.07, 6.45) is 1.54. The lowest BCUT2D eigenvalue weighted by Gasteiger charge is -2.10. The Bertz CT molecular complexity index is 1330. The van der Waals surface area contributed by atoms with Gasteiger partial charge < -0.3 is 14.2 Å². The molecule has 33 heavy (non-hydrogen) atoms. The number of carbonyl (C=O) groups is 2. The van der Waals surface area contributed by atoms with Gasteiger partial charge in [0.05, 0.1) is 22.7 Å². The number of aliphatic imine (C=N–C) groups is 1. The molecule has 6 nitrogen and oxygen atoms in total. The van der Waals surface area contributed by atoms with Crippen LogP contribution in [0, 0.1) is 6.92 Å². The molecule has 0 saturated carbocycles. The largest absolute Gasteiger partial charge is 0.493 e. The maximum absolute atomic E-state index is 12.5. The number of cyclic esters (lactones) is 1. The first-order chi connectivity index (χ1) is 15.8. The van der Waals surface area contributed by atoms with Crippen molar-refractivity contribution in [3.63, 3.8) is 0 Å². The molecule has 1 aliphatic heterocycles. The summed E-state index contributed by atoms with van der Waals surface area (Å²) in [5.74, 6) is -0.408. The average molecular weight is 482 g/mol. The fourth-order valence-corrected chi connectivity index (χ4v) is 3.41. The van der Waals surface area contributed by atoms with E-state index in [1.807, 2.05) is 13.0 Å². The minimum absolute atomic E-state index is 0.0997. The van der Waals surface area contributed by atoms with E-state index in [1.165, 1.54) is 7.11 Å². The molecule has 166 valence electrons. The number of hydrogen-bond donors (Lipinski definition) is 0. The molecule has 0 aromatic heterocycles. The molecule has 0 N–H and O–H groups in total.